The van der Waals surface area contributed by atoms with Crippen molar-refractivity contribution in [1.29, 1.82) is 0 Å². The van der Waals surface area contributed by atoms with Gasteiger partial charge in [-0.2, -0.15) is 0 Å². The zero-order chi connectivity index (χ0) is 17.3. The Balaban J connectivity index is 2.08. The van der Waals surface area contributed by atoms with Crippen molar-refractivity contribution in [3.05, 3.63) is 30.1 Å². The number of hydrogen-bond acceptors (Lipinski definition) is 4. The minimum absolute atomic E-state index is 0.0284. The van der Waals surface area contributed by atoms with Crippen LogP contribution in [0.3, 0.4) is 0 Å². The van der Waals surface area contributed by atoms with Crippen LogP contribution in [0.1, 0.15) is 26.7 Å². The average molecular weight is 363 g/mol. The molecule has 1 aromatic rings. The van der Waals surface area contributed by atoms with Gasteiger partial charge in [-0.25, -0.2) is 25.5 Å². The van der Waals surface area contributed by atoms with E-state index in [0.29, 0.717) is 0 Å². The Morgan fingerprint density at radius 1 is 1.09 bits per heavy atom. The lowest BCUT2D eigenvalue weighted by Gasteiger charge is -2.31. The van der Waals surface area contributed by atoms with Crippen LogP contribution in [0.4, 0.5) is 4.39 Å². The summed E-state index contributed by atoms with van der Waals surface area (Å²) in [6.07, 6.45) is 0.522. The van der Waals surface area contributed by atoms with E-state index in [9.17, 15) is 21.2 Å². The highest BCUT2D eigenvalue weighted by molar-refractivity contribution is 7.92. The van der Waals surface area contributed by atoms with Crippen LogP contribution < -0.4 is 0 Å². The Bertz CT molecular complexity index is 734. The molecule has 130 valence electrons. The van der Waals surface area contributed by atoms with E-state index in [1.54, 1.807) is 0 Å². The van der Waals surface area contributed by atoms with Gasteiger partial charge in [0.25, 0.3) is 0 Å². The summed E-state index contributed by atoms with van der Waals surface area (Å²) in [4.78, 5) is 0.0855. The number of sulfone groups is 1. The van der Waals surface area contributed by atoms with Gasteiger partial charge in [0.15, 0.2) is 9.84 Å². The first kappa shape index (κ1) is 18.4. The summed E-state index contributed by atoms with van der Waals surface area (Å²) in [5.74, 6) is -0.387. The Kier molecular flexibility index (Phi) is 5.48. The van der Waals surface area contributed by atoms with Gasteiger partial charge in [-0.15, -0.1) is 0 Å². The Morgan fingerprint density at radius 3 is 2.09 bits per heavy atom. The molecule has 0 N–H and O–H groups in total. The summed E-state index contributed by atoms with van der Waals surface area (Å²) in [5.41, 5.74) is 0. The second-order valence-corrected chi connectivity index (χ2v) is 10.5. The molecular weight excluding hydrogens is 341 g/mol. The molecular formula is C15H22FNO4S2. The standard InChI is InChI=1S/C15H22FNO4S2/c1-12(2)11-22(18,19)17-9-7-15(8-10-17)23(20,21)14-5-3-13(16)4-6-14/h3-6,12,15H,7-11H2,1-2H3. The molecule has 0 spiro atoms. The molecule has 0 bridgehead atoms. The van der Waals surface area contributed by atoms with Crippen LogP contribution >= 0.6 is 0 Å². The van der Waals surface area contributed by atoms with Crippen LogP contribution in [0.25, 0.3) is 0 Å². The Morgan fingerprint density at radius 2 is 1.61 bits per heavy atom. The van der Waals surface area contributed by atoms with Crippen LogP contribution in [-0.2, 0) is 19.9 Å². The van der Waals surface area contributed by atoms with Crippen molar-refractivity contribution in [3.63, 3.8) is 0 Å². The van der Waals surface area contributed by atoms with E-state index >= 15 is 0 Å². The van der Waals surface area contributed by atoms with Gasteiger partial charge in [0.2, 0.25) is 10.0 Å². The lowest BCUT2D eigenvalue weighted by atomic mass is 10.2. The van der Waals surface area contributed by atoms with Crippen molar-refractivity contribution < 1.29 is 21.2 Å². The molecule has 8 heteroatoms. The fourth-order valence-corrected chi connectivity index (χ4v) is 6.32. The molecule has 1 aliphatic rings. The normalized spacial score (nSPS) is 18.4. The fourth-order valence-electron chi connectivity index (χ4n) is 2.76. The third-order valence-electron chi connectivity index (χ3n) is 3.92. The van der Waals surface area contributed by atoms with Crippen LogP contribution in [0.15, 0.2) is 29.2 Å². The molecule has 23 heavy (non-hydrogen) atoms. The van der Waals surface area contributed by atoms with Gasteiger partial charge in [-0.05, 0) is 43.0 Å². The van der Waals surface area contributed by atoms with Gasteiger partial charge in [-0.1, -0.05) is 13.8 Å². The average Bonchev–Trinajstić information content (AvgIpc) is 2.46. The van der Waals surface area contributed by atoms with Crippen molar-refractivity contribution in [2.75, 3.05) is 18.8 Å². The molecule has 5 nitrogen and oxygen atoms in total. The molecule has 2 rings (SSSR count). The summed E-state index contributed by atoms with van der Waals surface area (Å²) in [7, 11) is -6.89. The molecule has 1 fully saturated rings. The van der Waals surface area contributed by atoms with E-state index in [4.69, 9.17) is 0 Å². The van der Waals surface area contributed by atoms with Crippen molar-refractivity contribution in [2.45, 2.75) is 36.8 Å². The number of piperidine rings is 1. The SMILES string of the molecule is CC(C)CS(=O)(=O)N1CCC(S(=O)(=O)c2ccc(F)cc2)CC1. The van der Waals surface area contributed by atoms with Gasteiger partial charge < -0.3 is 0 Å². The highest BCUT2D eigenvalue weighted by atomic mass is 32.2. The predicted molar refractivity (Wildman–Crippen MR) is 86.8 cm³/mol. The minimum atomic E-state index is -3.56. The summed E-state index contributed by atoms with van der Waals surface area (Å²) < 4.78 is 63.8. The number of benzene rings is 1. The minimum Gasteiger partial charge on any atom is -0.223 e. The Labute approximate surface area is 137 Å². The molecule has 0 radical (unpaired) electrons. The summed E-state index contributed by atoms with van der Waals surface area (Å²) >= 11 is 0. The molecule has 1 aliphatic heterocycles. The van der Waals surface area contributed by atoms with Crippen LogP contribution in [-0.4, -0.2) is 45.2 Å². The number of sulfonamides is 1. The van der Waals surface area contributed by atoms with Gasteiger partial charge in [0.05, 0.1) is 15.9 Å². The molecule has 0 atom stereocenters. The van der Waals surface area contributed by atoms with Crippen molar-refractivity contribution in [3.8, 4) is 0 Å². The lowest BCUT2D eigenvalue weighted by Crippen LogP contribution is -2.43. The number of rotatable bonds is 5. The van der Waals surface area contributed by atoms with E-state index in [1.165, 1.54) is 16.4 Å². The summed E-state index contributed by atoms with van der Waals surface area (Å²) in [5, 5.41) is -0.626. The molecule has 0 saturated carbocycles. The summed E-state index contributed by atoms with van der Waals surface area (Å²) in [6, 6.07) is 4.75. The molecule has 0 amide bonds. The highest BCUT2D eigenvalue weighted by Gasteiger charge is 2.35. The second-order valence-electron chi connectivity index (χ2n) is 6.27. The van der Waals surface area contributed by atoms with Gasteiger partial charge in [0.1, 0.15) is 5.82 Å². The zero-order valence-electron chi connectivity index (χ0n) is 13.3. The quantitative estimate of drug-likeness (QED) is 0.751. The van der Waals surface area contributed by atoms with Crippen LogP contribution in [0.5, 0.6) is 0 Å². The van der Waals surface area contributed by atoms with E-state index in [1.807, 2.05) is 13.8 Å². The van der Waals surface area contributed by atoms with Gasteiger partial charge in [0, 0.05) is 13.1 Å². The van der Waals surface area contributed by atoms with E-state index in [0.717, 1.165) is 12.1 Å². The maximum atomic E-state index is 12.9. The van der Waals surface area contributed by atoms with Gasteiger partial charge >= 0.3 is 0 Å². The lowest BCUT2D eigenvalue weighted by molar-refractivity contribution is 0.343. The zero-order valence-corrected chi connectivity index (χ0v) is 14.9. The molecule has 1 heterocycles. The third-order valence-corrected chi connectivity index (χ3v) is 8.44. The third kappa shape index (κ3) is 4.30. The molecule has 0 unspecified atom stereocenters. The van der Waals surface area contributed by atoms with E-state index in [-0.39, 0.29) is 42.5 Å². The number of hydrogen-bond donors (Lipinski definition) is 0. The first-order valence-corrected chi connectivity index (χ1v) is 10.8. The van der Waals surface area contributed by atoms with Crippen LogP contribution in [0, 0.1) is 11.7 Å². The molecule has 0 aliphatic carbocycles. The maximum Gasteiger partial charge on any atom is 0.214 e. The fraction of sp³-hybridized carbons (Fsp3) is 0.600. The Hall–Kier alpha value is -0.990. The van der Waals surface area contributed by atoms with E-state index < -0.39 is 30.9 Å². The first-order chi connectivity index (χ1) is 10.6. The van der Waals surface area contributed by atoms with Crippen molar-refractivity contribution >= 4 is 19.9 Å². The number of halogens is 1. The second kappa shape index (κ2) is 6.86. The topological polar surface area (TPSA) is 71.5 Å². The molecule has 1 saturated heterocycles. The summed E-state index contributed by atoms with van der Waals surface area (Å²) in [6.45, 7) is 4.09. The highest BCUT2D eigenvalue weighted by Crippen LogP contribution is 2.26. The molecule has 1 aromatic carbocycles. The smallest absolute Gasteiger partial charge is 0.214 e. The largest absolute Gasteiger partial charge is 0.223 e. The van der Waals surface area contributed by atoms with E-state index in [2.05, 4.69) is 0 Å². The van der Waals surface area contributed by atoms with Gasteiger partial charge in [-0.3, -0.25) is 0 Å². The monoisotopic (exact) mass is 363 g/mol. The maximum absolute atomic E-state index is 12.9. The predicted octanol–water partition coefficient (Wildman–Crippen LogP) is 2.05. The van der Waals surface area contributed by atoms with Crippen LogP contribution in [0.2, 0.25) is 0 Å². The molecule has 0 aromatic heterocycles. The van der Waals surface area contributed by atoms with Crippen molar-refractivity contribution in [1.82, 2.24) is 4.31 Å². The van der Waals surface area contributed by atoms with Crippen molar-refractivity contribution in [2.24, 2.45) is 5.92 Å². The first-order valence-electron chi connectivity index (χ1n) is 7.60. The number of nitrogens with zero attached hydrogens (tertiary/aromatic N) is 1.